The van der Waals surface area contributed by atoms with Gasteiger partial charge in [-0.15, -0.1) is 10.2 Å². The standard InChI is InChI=1S/C25H25N9O2/c1-16-26-14-20-13-21(11-12-22(20)27-16)28-25(36)31-30-24(35)19-9-7-17(8-10-19)15-34-32-23(29-33-34)18-5-3-2-4-6-18/h2-10,14,21H,11-13,15H2,1H3,(H,30,35)(H2,28,31,36). The van der Waals surface area contributed by atoms with Gasteiger partial charge in [-0.1, -0.05) is 42.5 Å². The van der Waals surface area contributed by atoms with Crippen LogP contribution in [0.2, 0.25) is 0 Å². The normalized spacial score (nSPS) is 14.5. The number of aromatic nitrogens is 6. The van der Waals surface area contributed by atoms with E-state index in [9.17, 15) is 9.59 Å². The highest BCUT2D eigenvalue weighted by Gasteiger charge is 2.22. The maximum Gasteiger partial charge on any atom is 0.333 e. The van der Waals surface area contributed by atoms with E-state index < -0.39 is 11.9 Å². The molecule has 11 heteroatoms. The van der Waals surface area contributed by atoms with Gasteiger partial charge in [-0.2, -0.15) is 4.80 Å². The summed E-state index contributed by atoms with van der Waals surface area (Å²) in [6, 6.07) is 16.1. The van der Waals surface area contributed by atoms with Crippen LogP contribution in [0.25, 0.3) is 11.4 Å². The molecule has 1 unspecified atom stereocenters. The Hall–Kier alpha value is -4.67. The van der Waals surface area contributed by atoms with Gasteiger partial charge in [0.25, 0.3) is 5.91 Å². The first-order valence-electron chi connectivity index (χ1n) is 11.6. The second kappa shape index (κ2) is 10.3. The van der Waals surface area contributed by atoms with Crippen molar-refractivity contribution >= 4 is 11.9 Å². The summed E-state index contributed by atoms with van der Waals surface area (Å²) in [6.07, 6.45) is 4.03. The number of nitrogens with one attached hydrogen (secondary N) is 3. The van der Waals surface area contributed by atoms with E-state index in [0.29, 0.717) is 24.4 Å². The third kappa shape index (κ3) is 5.52. The Morgan fingerprint density at radius 3 is 2.67 bits per heavy atom. The van der Waals surface area contributed by atoms with Crippen molar-refractivity contribution < 1.29 is 9.59 Å². The van der Waals surface area contributed by atoms with Crippen molar-refractivity contribution in [2.45, 2.75) is 38.8 Å². The van der Waals surface area contributed by atoms with E-state index in [1.165, 1.54) is 4.80 Å². The van der Waals surface area contributed by atoms with Crippen LogP contribution in [0, 0.1) is 6.92 Å². The fourth-order valence-corrected chi connectivity index (χ4v) is 4.08. The highest BCUT2D eigenvalue weighted by atomic mass is 16.2. The molecule has 0 saturated carbocycles. The van der Waals surface area contributed by atoms with E-state index in [-0.39, 0.29) is 6.04 Å². The van der Waals surface area contributed by atoms with Crippen LogP contribution in [0.1, 0.15) is 39.4 Å². The summed E-state index contributed by atoms with van der Waals surface area (Å²) in [5, 5.41) is 15.5. The first-order chi connectivity index (χ1) is 17.5. The number of hydrazine groups is 1. The first kappa shape index (κ1) is 23.1. The molecular weight excluding hydrogens is 458 g/mol. The zero-order valence-electron chi connectivity index (χ0n) is 19.7. The summed E-state index contributed by atoms with van der Waals surface area (Å²) in [5.41, 5.74) is 9.15. The van der Waals surface area contributed by atoms with E-state index in [2.05, 4.69) is 41.5 Å². The van der Waals surface area contributed by atoms with Gasteiger partial charge in [0.05, 0.1) is 6.54 Å². The minimum atomic E-state index is -0.465. The predicted molar refractivity (Wildman–Crippen MR) is 131 cm³/mol. The number of hydrogen-bond donors (Lipinski definition) is 3. The van der Waals surface area contributed by atoms with E-state index in [1.807, 2.05) is 55.6 Å². The Kier molecular flexibility index (Phi) is 6.61. The fourth-order valence-electron chi connectivity index (χ4n) is 4.08. The summed E-state index contributed by atoms with van der Waals surface area (Å²) in [5.74, 6) is 0.887. The number of urea groups is 1. The van der Waals surface area contributed by atoms with Crippen molar-refractivity contribution in [2.24, 2.45) is 0 Å². The number of fused-ring (bicyclic) bond motifs is 1. The molecular formula is C25H25N9O2. The Bertz CT molecular complexity index is 1370. The highest BCUT2D eigenvalue weighted by Crippen LogP contribution is 2.19. The van der Waals surface area contributed by atoms with Gasteiger partial charge in [0, 0.05) is 29.1 Å². The molecule has 0 fully saturated rings. The smallest absolute Gasteiger partial charge is 0.333 e. The van der Waals surface area contributed by atoms with Gasteiger partial charge in [0.15, 0.2) is 0 Å². The minimum Gasteiger partial charge on any atom is -0.334 e. The third-order valence-corrected chi connectivity index (χ3v) is 5.92. The van der Waals surface area contributed by atoms with E-state index in [0.717, 1.165) is 41.1 Å². The molecule has 0 aliphatic heterocycles. The van der Waals surface area contributed by atoms with Crippen LogP contribution < -0.4 is 16.2 Å². The maximum absolute atomic E-state index is 12.5. The zero-order valence-corrected chi connectivity index (χ0v) is 19.7. The molecule has 0 bridgehead atoms. The minimum absolute atomic E-state index is 0.0483. The summed E-state index contributed by atoms with van der Waals surface area (Å²) >= 11 is 0. The molecule has 3 N–H and O–H groups in total. The van der Waals surface area contributed by atoms with Crippen molar-refractivity contribution in [3.8, 4) is 11.4 Å². The lowest BCUT2D eigenvalue weighted by molar-refractivity contribution is 0.0935. The fraction of sp³-hybridized carbons (Fsp3) is 0.240. The van der Waals surface area contributed by atoms with Crippen molar-refractivity contribution in [3.05, 3.63) is 89.0 Å². The van der Waals surface area contributed by atoms with Gasteiger partial charge in [0.1, 0.15) is 5.82 Å². The third-order valence-electron chi connectivity index (χ3n) is 5.92. The number of rotatable bonds is 5. The number of tetrazole rings is 1. The highest BCUT2D eigenvalue weighted by molar-refractivity contribution is 5.95. The van der Waals surface area contributed by atoms with Gasteiger partial charge in [-0.3, -0.25) is 10.2 Å². The molecule has 1 atom stereocenters. The summed E-state index contributed by atoms with van der Waals surface area (Å²) < 4.78 is 0. The van der Waals surface area contributed by atoms with Crippen LogP contribution in [0.5, 0.6) is 0 Å². The topological polar surface area (TPSA) is 140 Å². The van der Waals surface area contributed by atoms with Gasteiger partial charge >= 0.3 is 6.03 Å². The molecule has 2 heterocycles. The van der Waals surface area contributed by atoms with Crippen molar-refractivity contribution in [3.63, 3.8) is 0 Å². The number of carbonyl (C=O) groups excluding carboxylic acids is 2. The number of carbonyl (C=O) groups is 2. The maximum atomic E-state index is 12.5. The lowest BCUT2D eigenvalue weighted by atomic mass is 9.93. The number of benzene rings is 2. The molecule has 5 rings (SSSR count). The second-order valence-corrected chi connectivity index (χ2v) is 8.59. The molecule has 182 valence electrons. The molecule has 3 amide bonds. The SMILES string of the molecule is Cc1ncc2c(n1)CCC(NC(=O)NNC(=O)c1ccc(Cn3nnc(-c4ccccc4)n3)cc1)C2. The first-order valence-corrected chi connectivity index (χ1v) is 11.6. The molecule has 0 radical (unpaired) electrons. The van der Waals surface area contributed by atoms with Crippen LogP contribution in [0.3, 0.4) is 0 Å². The molecule has 1 aliphatic carbocycles. The second-order valence-electron chi connectivity index (χ2n) is 8.59. The molecule has 36 heavy (non-hydrogen) atoms. The molecule has 2 aromatic heterocycles. The number of aryl methyl sites for hydroxylation is 2. The lowest BCUT2D eigenvalue weighted by Crippen LogP contribution is -2.51. The zero-order chi connectivity index (χ0) is 24.9. The van der Waals surface area contributed by atoms with Gasteiger partial charge in [0.2, 0.25) is 5.82 Å². The number of hydrogen-bond acceptors (Lipinski definition) is 7. The molecule has 11 nitrogen and oxygen atoms in total. The average molecular weight is 484 g/mol. The van der Waals surface area contributed by atoms with Crippen LogP contribution in [0.15, 0.2) is 60.8 Å². The number of nitrogens with zero attached hydrogens (tertiary/aromatic N) is 6. The molecule has 2 aromatic carbocycles. The van der Waals surface area contributed by atoms with Crippen LogP contribution >= 0.6 is 0 Å². The average Bonchev–Trinajstić information content (AvgIpc) is 3.37. The van der Waals surface area contributed by atoms with Gasteiger partial charge in [-0.25, -0.2) is 20.2 Å². The number of amides is 3. The Labute approximate surface area is 207 Å². The van der Waals surface area contributed by atoms with E-state index in [4.69, 9.17) is 0 Å². The Balaban J connectivity index is 1.10. The quantitative estimate of drug-likeness (QED) is 0.369. The van der Waals surface area contributed by atoms with Crippen molar-refractivity contribution in [1.29, 1.82) is 0 Å². The van der Waals surface area contributed by atoms with Gasteiger partial charge < -0.3 is 5.32 Å². The summed E-state index contributed by atoms with van der Waals surface area (Å²) in [6.45, 7) is 2.28. The largest absolute Gasteiger partial charge is 0.334 e. The molecule has 1 aliphatic rings. The van der Waals surface area contributed by atoms with Gasteiger partial charge in [-0.05, 0) is 54.7 Å². The Morgan fingerprint density at radius 2 is 1.86 bits per heavy atom. The van der Waals surface area contributed by atoms with E-state index >= 15 is 0 Å². The molecule has 0 spiro atoms. The van der Waals surface area contributed by atoms with E-state index in [1.54, 1.807) is 12.1 Å². The molecule has 4 aromatic rings. The predicted octanol–water partition coefficient (Wildman–Crippen LogP) is 1.99. The lowest BCUT2D eigenvalue weighted by Gasteiger charge is -2.24. The monoisotopic (exact) mass is 483 g/mol. The van der Waals surface area contributed by atoms with Crippen LogP contribution in [-0.2, 0) is 19.4 Å². The van der Waals surface area contributed by atoms with Crippen molar-refractivity contribution in [1.82, 2.24) is 46.3 Å². The summed E-state index contributed by atoms with van der Waals surface area (Å²) in [7, 11) is 0. The summed E-state index contributed by atoms with van der Waals surface area (Å²) in [4.78, 5) is 34.9. The van der Waals surface area contributed by atoms with Crippen LogP contribution in [-0.4, -0.2) is 48.2 Å². The van der Waals surface area contributed by atoms with Crippen LogP contribution in [0.4, 0.5) is 4.79 Å². The van der Waals surface area contributed by atoms with Crippen molar-refractivity contribution in [2.75, 3.05) is 0 Å². The Morgan fingerprint density at radius 1 is 1.06 bits per heavy atom. The molecule has 0 saturated heterocycles.